The fourth-order valence-corrected chi connectivity index (χ4v) is 9.48. The average molecular weight is 865 g/mol. The summed E-state index contributed by atoms with van der Waals surface area (Å²) >= 11 is 0. The lowest BCUT2D eigenvalue weighted by Gasteiger charge is -2.39. The fraction of sp³-hybridized carbons (Fsp3) is 0.362. The highest BCUT2D eigenvalue weighted by molar-refractivity contribution is 7.44. The van der Waals surface area contributed by atoms with Gasteiger partial charge in [-0.1, -0.05) is 72.8 Å². The second-order valence-corrected chi connectivity index (χ2v) is 16.5. The summed E-state index contributed by atoms with van der Waals surface area (Å²) in [7, 11) is 2.81. The molecule has 14 nitrogen and oxygen atoms in total. The van der Waals surface area contributed by atoms with E-state index in [1.54, 1.807) is 32.4 Å². The highest BCUT2D eigenvalue weighted by Crippen LogP contribution is 2.51. The second-order valence-electron chi connectivity index (χ2n) is 15.0. The third-order valence-electron chi connectivity index (χ3n) is 10.6. The average Bonchev–Trinajstić information content (AvgIpc) is 3.63. The van der Waals surface area contributed by atoms with Crippen LogP contribution in [0.1, 0.15) is 67.4 Å². The maximum atomic E-state index is 14.3. The first-order chi connectivity index (χ1) is 30.0. The first kappa shape index (κ1) is 46.0. The van der Waals surface area contributed by atoms with Crippen molar-refractivity contribution < 1.29 is 37.5 Å². The smallest absolute Gasteiger partial charge is 0.340 e. The predicted molar refractivity (Wildman–Crippen MR) is 234 cm³/mol. The Kier molecular flexibility index (Phi) is 15.6. The van der Waals surface area contributed by atoms with Crippen LogP contribution in [-0.2, 0) is 28.9 Å². The summed E-state index contributed by atoms with van der Waals surface area (Å²) in [5.41, 5.74) is -0.458. The van der Waals surface area contributed by atoms with Crippen molar-refractivity contribution in [3.8, 4) is 17.6 Å². The first-order valence-corrected chi connectivity index (χ1v) is 21.5. The van der Waals surface area contributed by atoms with Gasteiger partial charge >= 0.3 is 5.69 Å². The van der Waals surface area contributed by atoms with Crippen LogP contribution in [0.3, 0.4) is 0 Å². The molecule has 4 aromatic carbocycles. The molecular weight excluding hydrogens is 812 g/mol. The number of nitrogens with zero attached hydrogens (tertiary/aromatic N) is 4. The number of rotatable bonds is 19. The van der Waals surface area contributed by atoms with Gasteiger partial charge in [-0.15, -0.1) is 0 Å². The third kappa shape index (κ3) is 9.75. The van der Waals surface area contributed by atoms with Crippen LogP contribution < -0.4 is 20.7 Å². The molecule has 6 rings (SSSR count). The van der Waals surface area contributed by atoms with E-state index in [-0.39, 0.29) is 37.3 Å². The Hall–Kier alpha value is -5.49. The van der Waals surface area contributed by atoms with Crippen molar-refractivity contribution in [2.45, 2.75) is 76.3 Å². The molecule has 0 bridgehead atoms. The Morgan fingerprint density at radius 1 is 0.790 bits per heavy atom. The van der Waals surface area contributed by atoms with E-state index >= 15 is 0 Å². The Balaban J connectivity index is 1.50. The van der Waals surface area contributed by atoms with E-state index in [9.17, 15) is 19.6 Å². The topological polar surface area (TPSA) is 153 Å². The second kappa shape index (κ2) is 21.1. The molecule has 1 saturated heterocycles. The zero-order valence-electron chi connectivity index (χ0n) is 36.0. The van der Waals surface area contributed by atoms with Crippen LogP contribution in [-0.4, -0.2) is 84.7 Å². The molecule has 1 aromatic heterocycles. The predicted octanol–water partition coefficient (Wildman–Crippen LogP) is 7.30. The van der Waals surface area contributed by atoms with Gasteiger partial charge in [0.2, 0.25) is 0 Å². The van der Waals surface area contributed by atoms with Crippen LogP contribution in [0.5, 0.6) is 11.5 Å². The van der Waals surface area contributed by atoms with Crippen LogP contribution in [0.4, 0.5) is 0 Å². The lowest BCUT2D eigenvalue weighted by molar-refractivity contribution is -0.0959. The number of hydrogen-bond donors (Lipinski definition) is 0. The van der Waals surface area contributed by atoms with Crippen LogP contribution in [0.25, 0.3) is 0 Å². The largest absolute Gasteiger partial charge is 0.497 e. The van der Waals surface area contributed by atoms with E-state index in [1.165, 1.54) is 30.0 Å². The molecule has 0 amide bonds. The monoisotopic (exact) mass is 864 g/mol. The van der Waals surface area contributed by atoms with E-state index in [4.69, 9.17) is 32.7 Å². The molecule has 62 heavy (non-hydrogen) atoms. The number of nitriles is 1. The Labute approximate surface area is 363 Å². The lowest BCUT2D eigenvalue weighted by Crippen LogP contribution is -2.46. The van der Waals surface area contributed by atoms with Crippen molar-refractivity contribution in [3.63, 3.8) is 0 Å². The van der Waals surface area contributed by atoms with Gasteiger partial charge in [-0.05, 0) is 80.8 Å². The zero-order chi connectivity index (χ0) is 44.4. The summed E-state index contributed by atoms with van der Waals surface area (Å²) < 4.78 is 48.6. The van der Waals surface area contributed by atoms with Gasteiger partial charge in [0.25, 0.3) is 20.0 Å². The van der Waals surface area contributed by atoms with E-state index < -0.39 is 55.8 Å². The number of aromatic nitrogens is 2. The number of methoxy groups -OCH3 is 3. The Morgan fingerprint density at radius 2 is 1.34 bits per heavy atom. The molecular formula is C47H53N4O10P. The molecule has 5 unspecified atom stereocenters. The van der Waals surface area contributed by atoms with Gasteiger partial charge in [0, 0.05) is 37.0 Å². The maximum absolute atomic E-state index is 14.3. The minimum Gasteiger partial charge on any atom is -0.497 e. The standard InChI is InChI=1S/C47H53N4O10P/c1-32(2)51(33(3)4)62(59-30-14-28-48)61-42-40(60-45(43(42)57-7)49-29-27-41(52)50(46(49)54)44(53)34-15-10-8-11-16-34)31-58-47(35-17-12-9-13-18-35,36-19-23-38(55-5)24-20-36)37-21-25-39(56-6)26-22-37/h8-13,15-27,29,32-33,40,42-43,45H,14,30-31H2,1-7H3. The maximum Gasteiger partial charge on any atom is 0.340 e. The number of carbonyl (C=O) groups is 1. The van der Waals surface area contributed by atoms with Gasteiger partial charge in [0.1, 0.15) is 35.4 Å². The minimum absolute atomic E-state index is 0.0388. The van der Waals surface area contributed by atoms with E-state index in [1.807, 2.05) is 107 Å². The van der Waals surface area contributed by atoms with Crippen molar-refractivity contribution in [2.24, 2.45) is 0 Å². The van der Waals surface area contributed by atoms with Crippen LogP contribution in [0.15, 0.2) is 131 Å². The van der Waals surface area contributed by atoms with Gasteiger partial charge in [-0.3, -0.25) is 14.2 Å². The molecule has 0 radical (unpaired) electrons. The van der Waals surface area contributed by atoms with E-state index in [0.717, 1.165) is 22.8 Å². The Bertz CT molecular complexity index is 2330. The number of hydrogen-bond acceptors (Lipinski definition) is 12. The summed E-state index contributed by atoms with van der Waals surface area (Å²) in [6.07, 6.45) is -2.70. The molecule has 326 valence electrons. The quantitative estimate of drug-likeness (QED) is 0.0465. The van der Waals surface area contributed by atoms with Crippen molar-refractivity contribution in [1.82, 2.24) is 13.8 Å². The number of benzene rings is 4. The summed E-state index contributed by atoms with van der Waals surface area (Å²) in [5.74, 6) is 0.525. The van der Waals surface area contributed by atoms with Gasteiger partial charge in [0.15, 0.2) is 6.23 Å². The highest BCUT2D eigenvalue weighted by atomic mass is 31.2. The third-order valence-corrected chi connectivity index (χ3v) is 12.7. The lowest BCUT2D eigenvalue weighted by atomic mass is 9.80. The van der Waals surface area contributed by atoms with E-state index in [2.05, 4.69) is 10.7 Å². The normalized spacial score (nSPS) is 18.2. The van der Waals surface area contributed by atoms with Crippen LogP contribution >= 0.6 is 8.53 Å². The first-order valence-electron chi connectivity index (χ1n) is 20.3. The highest BCUT2D eigenvalue weighted by Gasteiger charge is 2.51. The van der Waals surface area contributed by atoms with Gasteiger partial charge in [-0.25, -0.2) is 9.46 Å². The Morgan fingerprint density at radius 3 is 1.85 bits per heavy atom. The van der Waals surface area contributed by atoms with Crippen LogP contribution in [0.2, 0.25) is 0 Å². The van der Waals surface area contributed by atoms with Gasteiger partial charge < -0.3 is 32.7 Å². The number of carbonyl (C=O) groups excluding carboxylic acids is 1. The molecule has 1 aliphatic heterocycles. The molecule has 0 spiro atoms. The summed E-state index contributed by atoms with van der Waals surface area (Å²) in [4.78, 5) is 41.3. The molecule has 1 aliphatic rings. The fourth-order valence-electron chi connectivity index (χ4n) is 7.71. The summed E-state index contributed by atoms with van der Waals surface area (Å²) in [5, 5.41) is 9.44. The molecule has 0 saturated carbocycles. The zero-order valence-corrected chi connectivity index (χ0v) is 36.8. The molecule has 0 aliphatic carbocycles. The molecule has 2 heterocycles. The molecule has 0 N–H and O–H groups in total. The molecule has 5 aromatic rings. The van der Waals surface area contributed by atoms with Gasteiger partial charge in [-0.2, -0.15) is 9.83 Å². The molecule has 15 heteroatoms. The van der Waals surface area contributed by atoms with Crippen molar-refractivity contribution >= 4 is 14.4 Å². The molecule has 1 fully saturated rings. The van der Waals surface area contributed by atoms with Crippen molar-refractivity contribution in [1.29, 1.82) is 5.26 Å². The van der Waals surface area contributed by atoms with Crippen molar-refractivity contribution in [2.75, 3.05) is 34.5 Å². The SMILES string of the molecule is COc1ccc(C(OCC2OC(n3ccc(=O)n(C(=O)c4ccccc4)c3=O)C(OC)C2OP(OCCC#N)N(C(C)C)C(C)C)(c2ccccc2)c2ccc(OC)cc2)cc1. The number of ether oxygens (including phenoxy) is 5. The minimum atomic E-state index is -1.87. The van der Waals surface area contributed by atoms with Crippen molar-refractivity contribution in [3.05, 3.63) is 165 Å². The summed E-state index contributed by atoms with van der Waals surface area (Å²) in [6, 6.07) is 36.3. The van der Waals surface area contributed by atoms with E-state index in [0.29, 0.717) is 16.1 Å². The van der Waals surface area contributed by atoms with Crippen LogP contribution in [0, 0.1) is 11.3 Å². The molecule has 5 atom stereocenters. The van der Waals surface area contributed by atoms with Gasteiger partial charge in [0.05, 0.1) is 39.9 Å². The summed E-state index contributed by atoms with van der Waals surface area (Å²) in [6.45, 7) is 8.08.